The highest BCUT2D eigenvalue weighted by atomic mass is 32.2. The van der Waals surface area contributed by atoms with E-state index in [0.29, 0.717) is 18.8 Å². The Morgan fingerprint density at radius 2 is 2.04 bits per heavy atom. The van der Waals surface area contributed by atoms with Crippen molar-refractivity contribution in [2.24, 2.45) is 0 Å². The number of sulfonamides is 1. The molecule has 1 N–H and O–H groups in total. The van der Waals surface area contributed by atoms with Gasteiger partial charge < -0.3 is 4.90 Å². The van der Waals surface area contributed by atoms with Gasteiger partial charge in [-0.05, 0) is 38.8 Å². The van der Waals surface area contributed by atoms with Crippen LogP contribution in [0.2, 0.25) is 0 Å². The Morgan fingerprint density at radius 1 is 1.35 bits per heavy atom. The maximum absolute atomic E-state index is 12.3. The van der Waals surface area contributed by atoms with Crippen molar-refractivity contribution in [3.63, 3.8) is 0 Å². The number of amides is 1. The van der Waals surface area contributed by atoms with Crippen LogP contribution in [0.1, 0.15) is 25.3 Å². The summed E-state index contributed by atoms with van der Waals surface area (Å²) in [6, 6.07) is 7.93. The van der Waals surface area contributed by atoms with Crippen molar-refractivity contribution in [3.8, 4) is 0 Å². The number of thioether (sulfide) groups is 1. The summed E-state index contributed by atoms with van der Waals surface area (Å²) in [6.07, 6.45) is 1.62. The Bertz CT molecular complexity index is 629. The number of hydrogen-bond acceptors (Lipinski definition) is 4. The molecule has 0 saturated carbocycles. The minimum Gasteiger partial charge on any atom is -0.340 e. The summed E-state index contributed by atoms with van der Waals surface area (Å²) in [6.45, 7) is 4.82. The lowest BCUT2D eigenvalue weighted by Gasteiger charge is -2.33. The van der Waals surface area contributed by atoms with Crippen LogP contribution in [0, 0.1) is 6.92 Å². The minimum atomic E-state index is -3.22. The Labute approximate surface area is 142 Å². The normalized spacial score (nSPS) is 18.9. The van der Waals surface area contributed by atoms with E-state index >= 15 is 0 Å². The molecule has 5 nitrogen and oxygen atoms in total. The smallest absolute Gasteiger partial charge is 0.232 e. The van der Waals surface area contributed by atoms with Crippen molar-refractivity contribution in [2.75, 3.05) is 24.6 Å². The van der Waals surface area contributed by atoms with Crippen molar-refractivity contribution in [3.05, 3.63) is 29.8 Å². The molecule has 0 aliphatic carbocycles. The van der Waals surface area contributed by atoms with Crippen LogP contribution in [0.15, 0.2) is 29.2 Å². The fourth-order valence-electron chi connectivity index (χ4n) is 2.51. The summed E-state index contributed by atoms with van der Waals surface area (Å²) in [5.74, 6) is 0.521. The van der Waals surface area contributed by atoms with Crippen LogP contribution >= 0.6 is 11.8 Å². The first-order valence-electron chi connectivity index (χ1n) is 7.87. The van der Waals surface area contributed by atoms with Gasteiger partial charge in [-0.15, -0.1) is 11.8 Å². The van der Waals surface area contributed by atoms with Crippen molar-refractivity contribution < 1.29 is 13.2 Å². The Hall–Kier alpha value is -1.05. The molecule has 2 rings (SSSR count). The largest absolute Gasteiger partial charge is 0.340 e. The highest BCUT2D eigenvalue weighted by Gasteiger charge is 2.26. The molecular weight excluding hydrogens is 332 g/mol. The molecule has 1 aromatic rings. The number of aryl methyl sites for hydroxylation is 1. The topological polar surface area (TPSA) is 66.5 Å². The lowest BCUT2D eigenvalue weighted by atomic mass is 10.1. The number of nitrogens with zero attached hydrogens (tertiary/aromatic N) is 1. The fraction of sp³-hybridized carbons (Fsp3) is 0.562. The van der Waals surface area contributed by atoms with Crippen LogP contribution in [0.5, 0.6) is 0 Å². The number of carbonyl (C=O) groups is 1. The minimum absolute atomic E-state index is 0.0657. The van der Waals surface area contributed by atoms with Crippen molar-refractivity contribution in [1.29, 1.82) is 0 Å². The van der Waals surface area contributed by atoms with Gasteiger partial charge in [-0.2, -0.15) is 0 Å². The molecule has 128 valence electrons. The van der Waals surface area contributed by atoms with E-state index in [9.17, 15) is 13.2 Å². The van der Waals surface area contributed by atoms with Crippen LogP contribution in [-0.2, 0) is 14.8 Å². The van der Waals surface area contributed by atoms with E-state index < -0.39 is 10.0 Å². The number of nitrogens with one attached hydrogen (secondary N) is 1. The van der Waals surface area contributed by atoms with Gasteiger partial charge in [0, 0.05) is 24.0 Å². The molecular formula is C16H24N2O3S2. The van der Waals surface area contributed by atoms with Gasteiger partial charge in [0.05, 0.1) is 11.5 Å². The third-order valence-corrected chi connectivity index (χ3v) is 6.33. The van der Waals surface area contributed by atoms with E-state index in [4.69, 9.17) is 0 Å². The Balaban J connectivity index is 1.85. The molecule has 0 radical (unpaired) electrons. The van der Waals surface area contributed by atoms with Crippen LogP contribution < -0.4 is 4.72 Å². The van der Waals surface area contributed by atoms with Gasteiger partial charge in [0.25, 0.3) is 0 Å². The molecule has 1 aliphatic heterocycles. The van der Waals surface area contributed by atoms with E-state index in [1.807, 2.05) is 31.2 Å². The third-order valence-electron chi connectivity index (χ3n) is 3.88. The fourth-order valence-corrected chi connectivity index (χ4v) is 4.18. The zero-order chi connectivity index (χ0) is 16.9. The monoisotopic (exact) mass is 356 g/mol. The predicted molar refractivity (Wildman–Crippen MR) is 94.1 cm³/mol. The number of rotatable bonds is 6. The maximum atomic E-state index is 12.3. The third kappa shape index (κ3) is 5.82. The summed E-state index contributed by atoms with van der Waals surface area (Å²) < 4.78 is 26.0. The van der Waals surface area contributed by atoms with Gasteiger partial charge in [0.15, 0.2) is 0 Å². The lowest BCUT2D eigenvalue weighted by Crippen LogP contribution is -2.50. The summed E-state index contributed by atoms with van der Waals surface area (Å²) in [5, 5.41) is 0. The molecule has 1 aromatic carbocycles. The second kappa shape index (κ2) is 8.17. The molecule has 7 heteroatoms. The number of carbonyl (C=O) groups excluding carboxylic acids is 1. The molecule has 1 aliphatic rings. The van der Waals surface area contributed by atoms with E-state index in [1.165, 1.54) is 17.3 Å². The van der Waals surface area contributed by atoms with E-state index in [1.54, 1.807) is 11.8 Å². The summed E-state index contributed by atoms with van der Waals surface area (Å²) >= 11 is 1.52. The molecule has 1 saturated heterocycles. The second-order valence-corrected chi connectivity index (χ2v) is 8.89. The molecule has 1 heterocycles. The number of benzene rings is 1. The van der Waals surface area contributed by atoms with E-state index in [-0.39, 0.29) is 17.7 Å². The van der Waals surface area contributed by atoms with Gasteiger partial charge in [0.1, 0.15) is 0 Å². The van der Waals surface area contributed by atoms with E-state index in [2.05, 4.69) is 4.72 Å². The Kier molecular flexibility index (Phi) is 6.50. The quantitative estimate of drug-likeness (QED) is 0.792. The first kappa shape index (κ1) is 18.3. The average molecular weight is 357 g/mol. The second-order valence-electron chi connectivity index (χ2n) is 5.80. The first-order valence-corrected chi connectivity index (χ1v) is 10.5. The zero-order valence-corrected chi connectivity index (χ0v) is 15.3. The van der Waals surface area contributed by atoms with Gasteiger partial charge in [-0.25, -0.2) is 13.1 Å². The van der Waals surface area contributed by atoms with Gasteiger partial charge in [0.2, 0.25) is 15.9 Å². The standard InChI is InChI=1S/C16H24N2O3S2/c1-3-23(20,21)17-14-5-4-10-18(11-14)16(19)12-22-15-8-6-13(2)7-9-15/h6-9,14,17H,3-5,10-12H2,1-2H3/t14-/m0/s1. The number of piperidine rings is 1. The number of hydrogen-bond donors (Lipinski definition) is 1. The zero-order valence-electron chi connectivity index (χ0n) is 13.6. The summed E-state index contributed by atoms with van der Waals surface area (Å²) in [4.78, 5) is 15.2. The highest BCUT2D eigenvalue weighted by molar-refractivity contribution is 8.00. The molecule has 0 spiro atoms. The van der Waals surface area contributed by atoms with Crippen LogP contribution in [0.25, 0.3) is 0 Å². The van der Waals surface area contributed by atoms with Crippen molar-refractivity contribution in [2.45, 2.75) is 37.6 Å². The predicted octanol–water partition coefficient (Wildman–Crippen LogP) is 2.02. The lowest BCUT2D eigenvalue weighted by molar-refractivity contribution is -0.129. The number of likely N-dealkylation sites (tertiary alicyclic amines) is 1. The van der Waals surface area contributed by atoms with Crippen LogP contribution in [0.3, 0.4) is 0 Å². The molecule has 0 unspecified atom stereocenters. The average Bonchev–Trinajstić information content (AvgIpc) is 2.54. The molecule has 1 amide bonds. The molecule has 1 atom stereocenters. The SMILES string of the molecule is CCS(=O)(=O)N[C@H]1CCCN(C(=O)CSc2ccc(C)cc2)C1. The highest BCUT2D eigenvalue weighted by Crippen LogP contribution is 2.20. The molecule has 0 bridgehead atoms. The van der Waals surface area contributed by atoms with Crippen LogP contribution in [-0.4, -0.2) is 49.9 Å². The summed E-state index contributed by atoms with van der Waals surface area (Å²) in [7, 11) is -3.22. The molecule has 1 fully saturated rings. The van der Waals surface area contributed by atoms with E-state index in [0.717, 1.165) is 17.7 Å². The van der Waals surface area contributed by atoms with Crippen LogP contribution in [0.4, 0.5) is 0 Å². The van der Waals surface area contributed by atoms with Crippen molar-refractivity contribution >= 4 is 27.7 Å². The molecule has 23 heavy (non-hydrogen) atoms. The summed E-state index contributed by atoms with van der Waals surface area (Å²) in [5.41, 5.74) is 1.20. The Morgan fingerprint density at radius 3 is 2.70 bits per heavy atom. The maximum Gasteiger partial charge on any atom is 0.232 e. The molecule has 0 aromatic heterocycles. The first-order chi connectivity index (χ1) is 10.9. The van der Waals surface area contributed by atoms with Gasteiger partial charge in [-0.3, -0.25) is 4.79 Å². The van der Waals surface area contributed by atoms with Gasteiger partial charge in [-0.1, -0.05) is 17.7 Å². The van der Waals surface area contributed by atoms with Crippen molar-refractivity contribution in [1.82, 2.24) is 9.62 Å². The van der Waals surface area contributed by atoms with Gasteiger partial charge >= 0.3 is 0 Å².